The third kappa shape index (κ3) is 3.67. The molecule has 0 bridgehead atoms. The molecule has 1 unspecified atom stereocenters. The monoisotopic (exact) mass is 296 g/mol. The third-order valence-electron chi connectivity index (χ3n) is 2.17. The summed E-state index contributed by atoms with van der Waals surface area (Å²) >= 11 is 0. The highest BCUT2D eigenvalue weighted by Gasteiger charge is 2.37. The molecule has 0 fully saturated rings. The molecule has 1 rings (SSSR count). The van der Waals surface area contributed by atoms with Crippen molar-refractivity contribution in [3.63, 3.8) is 0 Å². The Labute approximate surface area is 107 Å². The van der Waals surface area contributed by atoms with Crippen LogP contribution in [-0.4, -0.2) is 20.4 Å². The van der Waals surface area contributed by atoms with E-state index in [9.17, 15) is 31.5 Å². The number of benzene rings is 1. The molecule has 19 heavy (non-hydrogen) atoms. The zero-order valence-corrected chi connectivity index (χ0v) is 10.4. The molecule has 0 saturated carbocycles. The first-order chi connectivity index (χ1) is 8.55. The molecule has 0 aliphatic heterocycles. The Bertz CT molecular complexity index is 583. The zero-order chi connectivity index (χ0) is 14.8. The van der Waals surface area contributed by atoms with Gasteiger partial charge in [0.1, 0.15) is 0 Å². The van der Waals surface area contributed by atoms with E-state index in [1.165, 1.54) is 0 Å². The van der Waals surface area contributed by atoms with E-state index in [1.54, 1.807) is 4.72 Å². The van der Waals surface area contributed by atoms with E-state index in [0.29, 0.717) is 6.07 Å². The quantitative estimate of drug-likeness (QED) is 0.855. The smallest absolute Gasteiger partial charge is 0.417 e. The van der Waals surface area contributed by atoms with Gasteiger partial charge in [-0.15, -0.1) is 0 Å². The lowest BCUT2D eigenvalue weighted by atomic mass is 10.2. The molecular weight excluding hydrogens is 287 g/mol. The summed E-state index contributed by atoms with van der Waals surface area (Å²) in [7, 11) is -4.61. The van der Waals surface area contributed by atoms with Crippen molar-refractivity contribution in [2.75, 3.05) is 0 Å². The van der Waals surface area contributed by atoms with Gasteiger partial charge in [0.15, 0.2) is 0 Å². The fourth-order valence-corrected chi connectivity index (χ4v) is 2.70. The van der Waals surface area contributed by atoms with E-state index in [-0.39, 0.29) is 0 Å². The molecule has 106 valence electrons. The van der Waals surface area contributed by atoms with Gasteiger partial charge in [-0.05, 0) is 19.1 Å². The molecule has 0 radical (unpaired) electrons. The number of aliphatic carboxylic acids is 1. The number of hydrogen-bond acceptors (Lipinski definition) is 4. The number of carboxylic acids is 1. The summed E-state index contributed by atoms with van der Waals surface area (Å²) in [5, 5.41) is 10.4. The summed E-state index contributed by atoms with van der Waals surface area (Å²) in [5.74, 6) is -1.74. The Morgan fingerprint density at radius 3 is 2.32 bits per heavy atom. The van der Waals surface area contributed by atoms with Crippen LogP contribution in [0.5, 0.6) is 0 Å². The summed E-state index contributed by atoms with van der Waals surface area (Å²) in [6.45, 7) is 0.948. The maximum atomic E-state index is 12.7. The van der Waals surface area contributed by atoms with Crippen molar-refractivity contribution in [3.8, 4) is 0 Å². The van der Waals surface area contributed by atoms with Crippen LogP contribution in [-0.2, 0) is 21.0 Å². The zero-order valence-electron chi connectivity index (χ0n) is 9.56. The number of carbonyl (C=O) groups is 1. The minimum absolute atomic E-state index is 0.595. The van der Waals surface area contributed by atoms with Gasteiger partial charge in [-0.2, -0.15) is 13.2 Å². The highest BCUT2D eigenvalue weighted by atomic mass is 32.2. The summed E-state index contributed by atoms with van der Waals surface area (Å²) in [4.78, 5) is 9.40. The average molecular weight is 296 g/mol. The first-order valence-corrected chi connectivity index (χ1v) is 6.43. The van der Waals surface area contributed by atoms with Crippen LogP contribution in [0.25, 0.3) is 0 Å². The van der Waals surface area contributed by atoms with E-state index in [2.05, 4.69) is 0 Å². The summed E-state index contributed by atoms with van der Waals surface area (Å²) in [6, 6.07) is 1.83. The Kier molecular flexibility index (Phi) is 4.21. The second kappa shape index (κ2) is 5.17. The first-order valence-electron chi connectivity index (χ1n) is 4.95. The molecule has 0 spiro atoms. The minimum atomic E-state index is -4.87. The fraction of sp³-hybridized carbons (Fsp3) is 0.300. The SMILES string of the molecule is CC(NS(=O)(=O)c1ccccc1C(F)(F)F)C(=O)[O-]. The van der Waals surface area contributed by atoms with E-state index >= 15 is 0 Å². The molecule has 9 heteroatoms. The van der Waals surface area contributed by atoms with Crippen LogP contribution < -0.4 is 9.83 Å². The molecule has 0 aromatic heterocycles. The van der Waals surface area contributed by atoms with Gasteiger partial charge in [0, 0.05) is 0 Å². The van der Waals surface area contributed by atoms with E-state index < -0.39 is 38.7 Å². The summed E-state index contributed by atoms with van der Waals surface area (Å²) < 4.78 is 63.0. The summed E-state index contributed by atoms with van der Waals surface area (Å²) in [6.07, 6.45) is -4.87. The molecule has 0 saturated heterocycles. The van der Waals surface area contributed by atoms with Gasteiger partial charge in [-0.3, -0.25) is 0 Å². The second-order valence-corrected chi connectivity index (χ2v) is 5.34. The molecule has 5 nitrogen and oxygen atoms in total. The van der Waals surface area contributed by atoms with Gasteiger partial charge in [0.25, 0.3) is 0 Å². The number of rotatable bonds is 4. The van der Waals surface area contributed by atoms with Gasteiger partial charge >= 0.3 is 6.18 Å². The van der Waals surface area contributed by atoms with Gasteiger partial charge in [-0.1, -0.05) is 12.1 Å². The van der Waals surface area contributed by atoms with Gasteiger partial charge in [-0.25, -0.2) is 13.1 Å². The molecule has 1 aromatic rings. The van der Waals surface area contributed by atoms with Crippen LogP contribution in [0.3, 0.4) is 0 Å². The topological polar surface area (TPSA) is 86.3 Å². The van der Waals surface area contributed by atoms with Crippen LogP contribution >= 0.6 is 0 Å². The molecule has 1 aromatic carbocycles. The van der Waals surface area contributed by atoms with Gasteiger partial charge in [0.05, 0.1) is 22.5 Å². The number of carbonyl (C=O) groups excluding carboxylic acids is 1. The average Bonchev–Trinajstić information content (AvgIpc) is 2.27. The number of nitrogens with one attached hydrogen (secondary N) is 1. The molecule has 0 aliphatic rings. The first kappa shape index (κ1) is 15.4. The lowest BCUT2D eigenvalue weighted by Crippen LogP contribution is -2.46. The van der Waals surface area contributed by atoms with Crippen molar-refractivity contribution in [3.05, 3.63) is 29.8 Å². The number of hydrogen-bond donors (Lipinski definition) is 1. The summed E-state index contributed by atoms with van der Waals surface area (Å²) in [5.41, 5.74) is -1.37. The van der Waals surface area contributed by atoms with Gasteiger partial charge in [0.2, 0.25) is 10.0 Å². The largest absolute Gasteiger partial charge is 0.548 e. The normalized spacial score (nSPS) is 14.1. The maximum absolute atomic E-state index is 12.7. The van der Waals surface area contributed by atoms with Crippen molar-refractivity contribution >= 4 is 16.0 Å². The lowest BCUT2D eigenvalue weighted by molar-refractivity contribution is -0.307. The van der Waals surface area contributed by atoms with Crippen LogP contribution in [0, 0.1) is 0 Å². The Morgan fingerprint density at radius 2 is 1.84 bits per heavy atom. The van der Waals surface area contributed by atoms with Crippen LogP contribution in [0.15, 0.2) is 29.2 Å². The Morgan fingerprint density at radius 1 is 1.32 bits per heavy atom. The van der Waals surface area contributed by atoms with E-state index in [1.807, 2.05) is 0 Å². The lowest BCUT2D eigenvalue weighted by Gasteiger charge is -2.17. The molecule has 0 aliphatic carbocycles. The molecular formula is C10H9F3NO4S-. The predicted molar refractivity (Wildman–Crippen MR) is 56.2 cm³/mol. The van der Waals surface area contributed by atoms with Crippen molar-refractivity contribution in [1.29, 1.82) is 0 Å². The number of halogens is 3. The van der Waals surface area contributed by atoms with Crippen molar-refractivity contribution in [2.24, 2.45) is 0 Å². The van der Waals surface area contributed by atoms with E-state index in [0.717, 1.165) is 25.1 Å². The number of sulfonamides is 1. The molecule has 1 atom stereocenters. The molecule has 0 amide bonds. The number of carboxylic acid groups (broad SMARTS) is 1. The Hall–Kier alpha value is -1.61. The number of alkyl halides is 3. The van der Waals surface area contributed by atoms with E-state index in [4.69, 9.17) is 0 Å². The Balaban J connectivity index is 3.27. The minimum Gasteiger partial charge on any atom is -0.548 e. The van der Waals surface area contributed by atoms with Crippen molar-refractivity contribution in [1.82, 2.24) is 4.72 Å². The van der Waals surface area contributed by atoms with Crippen LogP contribution in [0.1, 0.15) is 12.5 Å². The maximum Gasteiger partial charge on any atom is 0.417 e. The van der Waals surface area contributed by atoms with Crippen molar-refractivity contribution in [2.45, 2.75) is 24.0 Å². The van der Waals surface area contributed by atoms with Crippen LogP contribution in [0.2, 0.25) is 0 Å². The highest BCUT2D eigenvalue weighted by Crippen LogP contribution is 2.33. The predicted octanol–water partition coefficient (Wildman–Crippen LogP) is 0.122. The molecule has 1 N–H and O–H groups in total. The third-order valence-corrected chi connectivity index (χ3v) is 3.77. The van der Waals surface area contributed by atoms with Crippen LogP contribution in [0.4, 0.5) is 13.2 Å². The highest BCUT2D eigenvalue weighted by molar-refractivity contribution is 7.89. The second-order valence-electron chi connectivity index (χ2n) is 3.66. The standard InChI is InChI=1S/C10H10F3NO4S/c1-6(9(15)16)14-19(17,18)8-5-3-2-4-7(8)10(11,12)13/h2-6,14H,1H3,(H,15,16)/p-1. The fourth-order valence-electron chi connectivity index (χ4n) is 1.28. The van der Waals surface area contributed by atoms with Gasteiger partial charge < -0.3 is 9.90 Å². The molecule has 0 heterocycles. The van der Waals surface area contributed by atoms with Crippen molar-refractivity contribution < 1.29 is 31.5 Å².